The van der Waals surface area contributed by atoms with Crippen molar-refractivity contribution >= 4 is 54.5 Å². The number of rotatable bonds is 8. The number of aromatic nitrogens is 3. The Morgan fingerprint density at radius 1 is 1.19 bits per heavy atom. The molecule has 0 aliphatic carbocycles. The number of carbonyl (C=O) groups is 2. The summed E-state index contributed by atoms with van der Waals surface area (Å²) >= 11 is 6.14. The van der Waals surface area contributed by atoms with Gasteiger partial charge in [0.25, 0.3) is 11.5 Å². The molecule has 0 spiro atoms. The van der Waals surface area contributed by atoms with Crippen LogP contribution in [0.25, 0.3) is 11.0 Å². The normalized spacial score (nSPS) is 11.9. The summed E-state index contributed by atoms with van der Waals surface area (Å²) in [6.07, 6.45) is 1.51. The van der Waals surface area contributed by atoms with Gasteiger partial charge in [-0.2, -0.15) is 4.98 Å². The molecule has 3 N–H and O–H groups in total. The molecule has 0 saturated heterocycles. The number of aromatic amines is 1. The molecule has 0 atom stereocenters. The van der Waals surface area contributed by atoms with Gasteiger partial charge in [0.15, 0.2) is 8.32 Å². The van der Waals surface area contributed by atoms with E-state index in [-0.39, 0.29) is 32.5 Å². The maximum atomic E-state index is 12.8. The van der Waals surface area contributed by atoms with E-state index in [0.29, 0.717) is 24.5 Å². The first kappa shape index (κ1) is 27.3. The smallest absolute Gasteiger partial charge is 0.337 e. The van der Waals surface area contributed by atoms with E-state index in [1.807, 2.05) is 0 Å². The minimum atomic E-state index is -1.85. The van der Waals surface area contributed by atoms with Crippen LogP contribution in [0.3, 0.4) is 0 Å². The number of methoxy groups -OCH3 is 1. The van der Waals surface area contributed by atoms with Crippen LogP contribution in [0.5, 0.6) is 0 Å². The number of halogens is 1. The Bertz CT molecular complexity index is 1350. The molecule has 0 bridgehead atoms. The number of benzene rings is 1. The predicted molar refractivity (Wildman–Crippen MR) is 143 cm³/mol. The lowest BCUT2D eigenvalue weighted by Gasteiger charge is -2.36. The molecule has 36 heavy (non-hydrogen) atoms. The lowest BCUT2D eigenvalue weighted by molar-refractivity contribution is 0.0600. The number of amides is 1. The van der Waals surface area contributed by atoms with Crippen LogP contribution in [0.4, 0.5) is 11.6 Å². The SMILES string of the molecule is COC(=O)c1ccc(Cl)c(NC(=O)c2cc3cnc(NCCO[Si](C)(C)C(C)(C)C)nc3[nH]c2=O)c1. The van der Waals surface area contributed by atoms with Crippen LogP contribution in [0.1, 0.15) is 41.5 Å². The van der Waals surface area contributed by atoms with Crippen LogP contribution in [0, 0.1) is 0 Å². The van der Waals surface area contributed by atoms with Gasteiger partial charge >= 0.3 is 5.97 Å². The van der Waals surface area contributed by atoms with Gasteiger partial charge in [-0.15, -0.1) is 0 Å². The summed E-state index contributed by atoms with van der Waals surface area (Å²) in [6, 6.07) is 5.69. The van der Waals surface area contributed by atoms with Crippen LogP contribution < -0.4 is 16.2 Å². The molecule has 1 aromatic carbocycles. The molecule has 2 heterocycles. The lowest BCUT2D eigenvalue weighted by Crippen LogP contribution is -2.41. The lowest BCUT2D eigenvalue weighted by atomic mass is 10.1. The van der Waals surface area contributed by atoms with E-state index in [1.165, 1.54) is 37.6 Å². The van der Waals surface area contributed by atoms with Crippen LogP contribution >= 0.6 is 11.6 Å². The third kappa shape index (κ3) is 6.28. The molecule has 0 saturated carbocycles. The molecule has 0 aliphatic heterocycles. The Labute approximate surface area is 214 Å². The van der Waals surface area contributed by atoms with Crippen molar-refractivity contribution < 1.29 is 18.8 Å². The summed E-state index contributed by atoms with van der Waals surface area (Å²) in [5.41, 5.74) is -0.141. The van der Waals surface area contributed by atoms with Gasteiger partial charge in [0, 0.05) is 18.1 Å². The van der Waals surface area contributed by atoms with Crippen LogP contribution in [-0.4, -0.2) is 55.4 Å². The minimum absolute atomic E-state index is 0.116. The van der Waals surface area contributed by atoms with Crippen LogP contribution in [0.15, 0.2) is 35.3 Å². The number of ether oxygens (including phenoxy) is 1. The number of hydrogen-bond acceptors (Lipinski definition) is 8. The Hall–Kier alpha value is -3.28. The summed E-state index contributed by atoms with van der Waals surface area (Å²) in [4.78, 5) is 48.4. The van der Waals surface area contributed by atoms with Gasteiger partial charge < -0.3 is 24.8 Å². The van der Waals surface area contributed by atoms with E-state index in [4.69, 9.17) is 16.0 Å². The molecule has 3 rings (SSSR count). The fourth-order valence-corrected chi connectivity index (χ4v) is 4.20. The molecule has 0 aliphatic rings. The first-order valence-electron chi connectivity index (χ1n) is 11.3. The monoisotopic (exact) mass is 531 g/mol. The van der Waals surface area contributed by atoms with E-state index < -0.39 is 25.8 Å². The Morgan fingerprint density at radius 3 is 2.58 bits per heavy atom. The van der Waals surface area contributed by atoms with E-state index in [9.17, 15) is 14.4 Å². The fourth-order valence-electron chi connectivity index (χ4n) is 2.99. The second-order valence-corrected chi connectivity index (χ2v) is 14.9. The zero-order chi connectivity index (χ0) is 26.7. The van der Waals surface area contributed by atoms with Gasteiger partial charge in [0.1, 0.15) is 11.2 Å². The zero-order valence-electron chi connectivity index (χ0n) is 21.1. The van der Waals surface area contributed by atoms with E-state index in [2.05, 4.69) is 64.2 Å². The number of esters is 1. The first-order chi connectivity index (χ1) is 16.8. The average molecular weight is 532 g/mol. The topological polar surface area (TPSA) is 135 Å². The molecular formula is C24H30ClN5O5Si. The van der Waals surface area contributed by atoms with Crippen molar-refractivity contribution in [3.8, 4) is 0 Å². The van der Waals surface area contributed by atoms with Crippen molar-refractivity contribution in [3.05, 3.63) is 57.0 Å². The summed E-state index contributed by atoms with van der Waals surface area (Å²) in [5, 5.41) is 6.44. The standard InChI is InChI=1S/C24H30ClN5O5Si/c1-24(2,3)36(5,6)35-10-9-26-23-27-13-15-11-16(21(32)29-19(15)30-23)20(31)28-18-12-14(22(33)34-4)7-8-17(18)25/h7-8,11-13H,9-10H2,1-6H3,(H,28,31)(H2,26,27,29,30,32). The fraction of sp³-hybridized carbons (Fsp3) is 0.375. The summed E-state index contributed by atoms with van der Waals surface area (Å²) in [7, 11) is -0.606. The van der Waals surface area contributed by atoms with E-state index in [0.717, 1.165) is 0 Å². The summed E-state index contributed by atoms with van der Waals surface area (Å²) in [5.74, 6) is -0.952. The van der Waals surface area contributed by atoms with Crippen LogP contribution in [0.2, 0.25) is 23.2 Å². The number of pyridine rings is 1. The molecule has 12 heteroatoms. The Balaban J connectivity index is 1.72. The van der Waals surface area contributed by atoms with Gasteiger partial charge in [0.05, 0.1) is 30.0 Å². The maximum absolute atomic E-state index is 12.8. The first-order valence-corrected chi connectivity index (χ1v) is 14.6. The second-order valence-electron chi connectivity index (χ2n) is 9.69. The third-order valence-corrected chi connectivity index (χ3v) is 11.0. The highest BCUT2D eigenvalue weighted by Crippen LogP contribution is 2.36. The number of nitrogens with one attached hydrogen (secondary N) is 3. The number of H-pyrrole nitrogens is 1. The van der Waals surface area contributed by atoms with Gasteiger partial charge in [-0.25, -0.2) is 9.78 Å². The van der Waals surface area contributed by atoms with Gasteiger partial charge in [-0.3, -0.25) is 9.59 Å². The Morgan fingerprint density at radius 2 is 1.92 bits per heavy atom. The average Bonchev–Trinajstić information content (AvgIpc) is 2.81. The number of carbonyl (C=O) groups excluding carboxylic acids is 2. The number of nitrogens with zero attached hydrogens (tertiary/aromatic N) is 2. The van der Waals surface area contributed by atoms with Crippen molar-refractivity contribution in [2.24, 2.45) is 0 Å². The Kier molecular flexibility index (Phi) is 8.17. The molecule has 0 fully saturated rings. The molecule has 2 aromatic heterocycles. The molecular weight excluding hydrogens is 502 g/mol. The molecule has 10 nitrogen and oxygen atoms in total. The second kappa shape index (κ2) is 10.8. The molecule has 192 valence electrons. The third-order valence-electron chi connectivity index (χ3n) is 6.13. The van der Waals surface area contributed by atoms with Crippen molar-refractivity contribution in [2.75, 3.05) is 30.9 Å². The van der Waals surface area contributed by atoms with E-state index in [1.54, 1.807) is 0 Å². The summed E-state index contributed by atoms with van der Waals surface area (Å²) < 4.78 is 10.8. The number of anilines is 2. The maximum Gasteiger partial charge on any atom is 0.337 e. The van der Waals surface area contributed by atoms with Gasteiger partial charge in [-0.1, -0.05) is 32.4 Å². The largest absolute Gasteiger partial charge is 0.465 e. The summed E-state index contributed by atoms with van der Waals surface area (Å²) in [6.45, 7) is 11.9. The van der Waals surface area contributed by atoms with Crippen molar-refractivity contribution in [2.45, 2.75) is 38.9 Å². The molecule has 1 amide bonds. The van der Waals surface area contributed by atoms with Crippen molar-refractivity contribution in [1.82, 2.24) is 15.0 Å². The van der Waals surface area contributed by atoms with Crippen LogP contribution in [-0.2, 0) is 9.16 Å². The number of fused-ring (bicyclic) bond motifs is 1. The quantitative estimate of drug-likeness (QED) is 0.220. The van der Waals surface area contributed by atoms with Crippen molar-refractivity contribution in [1.29, 1.82) is 0 Å². The van der Waals surface area contributed by atoms with Gasteiger partial charge in [0.2, 0.25) is 5.95 Å². The zero-order valence-corrected chi connectivity index (χ0v) is 22.9. The van der Waals surface area contributed by atoms with Crippen molar-refractivity contribution in [3.63, 3.8) is 0 Å². The molecule has 3 aromatic rings. The van der Waals surface area contributed by atoms with E-state index >= 15 is 0 Å². The van der Waals surface area contributed by atoms with Gasteiger partial charge in [-0.05, 0) is 42.4 Å². The molecule has 0 radical (unpaired) electrons. The minimum Gasteiger partial charge on any atom is -0.465 e. The predicted octanol–water partition coefficient (Wildman–Crippen LogP) is 4.44. The number of hydrogen-bond donors (Lipinski definition) is 3. The highest BCUT2D eigenvalue weighted by Gasteiger charge is 2.36. The highest BCUT2D eigenvalue weighted by molar-refractivity contribution is 6.74. The highest BCUT2D eigenvalue weighted by atomic mass is 35.5. The molecule has 0 unspecified atom stereocenters.